The van der Waals surface area contributed by atoms with Crippen LogP contribution in [0.1, 0.15) is 51.6 Å². The average molecular weight is 448 g/mol. The van der Waals surface area contributed by atoms with Crippen LogP contribution >= 0.6 is 0 Å². The molecule has 0 bridgehead atoms. The van der Waals surface area contributed by atoms with Crippen LogP contribution in [0.3, 0.4) is 0 Å². The zero-order valence-electron chi connectivity index (χ0n) is 18.1. The van der Waals surface area contributed by atoms with E-state index in [1.54, 1.807) is 4.90 Å². The molecule has 2 N–H and O–H groups in total. The summed E-state index contributed by atoms with van der Waals surface area (Å²) in [7, 11) is 0. The van der Waals surface area contributed by atoms with E-state index in [2.05, 4.69) is 5.32 Å². The van der Waals surface area contributed by atoms with Crippen LogP contribution < -0.4 is 5.32 Å². The van der Waals surface area contributed by atoms with E-state index < -0.39 is 23.8 Å². The molecule has 0 aliphatic carbocycles. The Labute approximate surface area is 185 Å². The highest BCUT2D eigenvalue weighted by Crippen LogP contribution is 2.30. The maximum atomic E-state index is 12.9. The lowest BCUT2D eigenvalue weighted by atomic mass is 9.96. The van der Waals surface area contributed by atoms with Crippen molar-refractivity contribution in [1.29, 1.82) is 0 Å². The van der Waals surface area contributed by atoms with Crippen molar-refractivity contribution >= 4 is 11.8 Å². The summed E-state index contributed by atoms with van der Waals surface area (Å²) in [5.41, 5.74) is 1.79. The Morgan fingerprint density at radius 1 is 1.16 bits per heavy atom. The quantitative estimate of drug-likeness (QED) is 0.726. The summed E-state index contributed by atoms with van der Waals surface area (Å²) < 4.78 is 38.6. The molecule has 5 nitrogen and oxygen atoms in total. The molecule has 1 aliphatic rings. The van der Waals surface area contributed by atoms with Crippen molar-refractivity contribution in [2.75, 3.05) is 19.6 Å². The number of hydrogen-bond donors (Lipinski definition) is 2. The number of benzene rings is 2. The topological polar surface area (TPSA) is 69.6 Å². The highest BCUT2D eigenvalue weighted by molar-refractivity contribution is 5.95. The van der Waals surface area contributed by atoms with Crippen LogP contribution in [0.4, 0.5) is 13.2 Å². The van der Waals surface area contributed by atoms with Gasteiger partial charge in [0, 0.05) is 25.2 Å². The zero-order chi connectivity index (χ0) is 23.5. The van der Waals surface area contributed by atoms with Gasteiger partial charge in [-0.1, -0.05) is 29.3 Å². The predicted molar refractivity (Wildman–Crippen MR) is 114 cm³/mol. The number of likely N-dealkylation sites (tertiary alicyclic amines) is 1. The number of hydrogen-bond acceptors (Lipinski definition) is 3. The summed E-state index contributed by atoms with van der Waals surface area (Å²) in [6.45, 7) is 4.46. The maximum Gasteiger partial charge on any atom is 0.416 e. The third kappa shape index (κ3) is 5.88. The Kier molecular flexibility index (Phi) is 7.23. The van der Waals surface area contributed by atoms with Gasteiger partial charge in [0.05, 0.1) is 17.6 Å². The average Bonchev–Trinajstić information content (AvgIpc) is 2.75. The van der Waals surface area contributed by atoms with E-state index >= 15 is 0 Å². The van der Waals surface area contributed by atoms with Gasteiger partial charge in [0.2, 0.25) is 5.91 Å². The second-order valence-corrected chi connectivity index (χ2v) is 8.35. The number of nitrogens with one attached hydrogen (secondary N) is 1. The van der Waals surface area contributed by atoms with Gasteiger partial charge >= 0.3 is 6.18 Å². The molecule has 1 heterocycles. The predicted octanol–water partition coefficient (Wildman–Crippen LogP) is 4.02. The van der Waals surface area contributed by atoms with Gasteiger partial charge in [-0.05, 0) is 56.5 Å². The molecular weight excluding hydrogens is 421 g/mol. The van der Waals surface area contributed by atoms with E-state index in [-0.39, 0.29) is 30.5 Å². The Hall–Kier alpha value is -2.87. The first kappa shape index (κ1) is 23.8. The minimum Gasteiger partial charge on any atom is -0.387 e. The summed E-state index contributed by atoms with van der Waals surface area (Å²) in [6, 6.07) is 10.0. The number of aliphatic hydroxyl groups excluding tert-OH is 1. The van der Waals surface area contributed by atoms with Gasteiger partial charge in [0.15, 0.2) is 0 Å². The van der Waals surface area contributed by atoms with Crippen molar-refractivity contribution in [2.24, 2.45) is 5.92 Å². The number of piperidine rings is 1. The zero-order valence-corrected chi connectivity index (χ0v) is 18.1. The van der Waals surface area contributed by atoms with Crippen LogP contribution in [0.15, 0.2) is 42.5 Å². The first-order chi connectivity index (χ1) is 15.0. The third-order valence-electron chi connectivity index (χ3n) is 5.62. The largest absolute Gasteiger partial charge is 0.416 e. The number of carbonyl (C=O) groups is 2. The molecule has 0 radical (unpaired) electrons. The molecule has 3 rings (SSSR count). The van der Waals surface area contributed by atoms with E-state index in [0.29, 0.717) is 24.9 Å². The molecule has 0 saturated carbocycles. The first-order valence-corrected chi connectivity index (χ1v) is 10.5. The minimum atomic E-state index is -4.51. The number of amides is 2. The Bertz CT molecular complexity index is 970. The van der Waals surface area contributed by atoms with Crippen LogP contribution in [0.5, 0.6) is 0 Å². The van der Waals surface area contributed by atoms with Gasteiger partial charge in [-0.25, -0.2) is 0 Å². The normalized spacial score (nSPS) is 17.7. The number of aliphatic hydroxyl groups is 1. The van der Waals surface area contributed by atoms with Gasteiger partial charge in [-0.3, -0.25) is 9.59 Å². The van der Waals surface area contributed by atoms with Crippen molar-refractivity contribution in [3.8, 4) is 0 Å². The lowest BCUT2D eigenvalue weighted by Crippen LogP contribution is -2.46. The van der Waals surface area contributed by atoms with Gasteiger partial charge in [0.1, 0.15) is 0 Å². The van der Waals surface area contributed by atoms with Crippen molar-refractivity contribution in [3.63, 3.8) is 0 Å². The van der Waals surface area contributed by atoms with Crippen LogP contribution in [-0.2, 0) is 11.0 Å². The first-order valence-electron chi connectivity index (χ1n) is 10.5. The van der Waals surface area contributed by atoms with Crippen LogP contribution in [0, 0.1) is 19.8 Å². The fourth-order valence-electron chi connectivity index (χ4n) is 4.04. The van der Waals surface area contributed by atoms with Crippen LogP contribution in [0.25, 0.3) is 0 Å². The van der Waals surface area contributed by atoms with Crippen molar-refractivity contribution < 1.29 is 27.9 Å². The molecular formula is C24H27F3N2O3. The molecule has 1 aliphatic heterocycles. The minimum absolute atomic E-state index is 0.0791. The molecule has 2 unspecified atom stereocenters. The van der Waals surface area contributed by atoms with Crippen LogP contribution in [-0.4, -0.2) is 41.5 Å². The molecule has 2 atom stereocenters. The monoisotopic (exact) mass is 448 g/mol. The van der Waals surface area contributed by atoms with Crippen molar-refractivity contribution in [1.82, 2.24) is 10.2 Å². The molecule has 172 valence electrons. The smallest absolute Gasteiger partial charge is 0.387 e. The Balaban J connectivity index is 1.59. The second kappa shape index (κ2) is 9.73. The summed E-state index contributed by atoms with van der Waals surface area (Å²) in [4.78, 5) is 27.2. The number of halogens is 3. The van der Waals surface area contributed by atoms with Crippen molar-refractivity contribution in [2.45, 2.75) is 39.0 Å². The summed E-state index contributed by atoms with van der Waals surface area (Å²) in [6.07, 6.45) is -4.50. The van der Waals surface area contributed by atoms with Crippen molar-refractivity contribution in [3.05, 3.63) is 70.3 Å². The fraction of sp³-hybridized carbons (Fsp3) is 0.417. The van der Waals surface area contributed by atoms with Gasteiger partial charge < -0.3 is 15.3 Å². The van der Waals surface area contributed by atoms with E-state index in [0.717, 1.165) is 23.3 Å². The van der Waals surface area contributed by atoms with E-state index in [4.69, 9.17) is 0 Å². The van der Waals surface area contributed by atoms with E-state index in [1.165, 1.54) is 12.1 Å². The molecule has 0 spiro atoms. The summed E-state index contributed by atoms with van der Waals surface area (Å²) >= 11 is 0. The van der Waals surface area contributed by atoms with E-state index in [9.17, 15) is 27.9 Å². The molecule has 1 saturated heterocycles. The molecule has 1 fully saturated rings. The Morgan fingerprint density at radius 2 is 1.84 bits per heavy atom. The Morgan fingerprint density at radius 3 is 2.50 bits per heavy atom. The summed E-state index contributed by atoms with van der Waals surface area (Å²) in [5.74, 6) is -0.889. The molecule has 8 heteroatoms. The maximum absolute atomic E-state index is 12.9. The molecule has 32 heavy (non-hydrogen) atoms. The van der Waals surface area contributed by atoms with Gasteiger partial charge in [-0.15, -0.1) is 0 Å². The van der Waals surface area contributed by atoms with Gasteiger partial charge in [-0.2, -0.15) is 13.2 Å². The highest BCUT2D eigenvalue weighted by atomic mass is 19.4. The van der Waals surface area contributed by atoms with E-state index in [1.807, 2.05) is 32.0 Å². The fourth-order valence-corrected chi connectivity index (χ4v) is 4.04. The second-order valence-electron chi connectivity index (χ2n) is 8.35. The SMILES string of the molecule is Cc1cc(C)cc(C(=O)N2CCCC(C(=O)NCC(O)c3cccc(C(F)(F)F)c3)C2)c1. The summed E-state index contributed by atoms with van der Waals surface area (Å²) in [5, 5.41) is 12.9. The number of nitrogens with zero attached hydrogens (tertiary/aromatic N) is 1. The molecule has 2 aromatic rings. The van der Waals surface area contributed by atoms with Gasteiger partial charge in [0.25, 0.3) is 5.91 Å². The molecule has 2 amide bonds. The standard InChI is InChI=1S/C24H27F3N2O3/c1-15-9-16(2)11-19(10-15)23(32)29-8-4-6-18(14-29)22(31)28-13-21(30)17-5-3-7-20(12-17)24(25,26)27/h3,5,7,9-12,18,21,30H,4,6,8,13-14H2,1-2H3,(H,28,31). The highest BCUT2D eigenvalue weighted by Gasteiger charge is 2.32. The number of alkyl halides is 3. The number of rotatable bonds is 5. The number of aryl methyl sites for hydroxylation is 2. The third-order valence-corrected chi connectivity index (χ3v) is 5.62. The van der Waals surface area contributed by atoms with Crippen LogP contribution in [0.2, 0.25) is 0 Å². The lowest BCUT2D eigenvalue weighted by Gasteiger charge is -2.32. The molecule has 2 aromatic carbocycles. The lowest BCUT2D eigenvalue weighted by molar-refractivity contribution is -0.137. The molecule has 0 aromatic heterocycles. The number of carbonyl (C=O) groups excluding carboxylic acids is 2.